The van der Waals surface area contributed by atoms with Gasteiger partial charge in [-0.15, -0.1) is 0 Å². The molecule has 94 valence electrons. The Morgan fingerprint density at radius 3 is 1.41 bits per heavy atom. The summed E-state index contributed by atoms with van der Waals surface area (Å²) in [5.74, 6) is 2.19. The topological polar surface area (TPSA) is 0 Å². The summed E-state index contributed by atoms with van der Waals surface area (Å²) in [5, 5.41) is 0. The van der Waals surface area contributed by atoms with Gasteiger partial charge in [0.05, 0.1) is 0 Å². The molecule has 0 bridgehead atoms. The van der Waals surface area contributed by atoms with Crippen LogP contribution in [-0.4, -0.2) is 0 Å². The molecule has 0 radical (unpaired) electrons. The molecule has 2 aromatic rings. The van der Waals surface area contributed by atoms with E-state index in [-0.39, 0.29) is 0 Å². The SMILES string of the molecule is [Br][Au].c1ccc(CSCc2ccccc2)cc1. The molecule has 0 nitrogen and oxygen atoms in total. The Morgan fingerprint density at radius 2 is 1.06 bits per heavy atom. The predicted molar refractivity (Wildman–Crippen MR) is 76.8 cm³/mol. The normalized spacial score (nSPS) is 9.35. The Hall–Kier alpha value is 0.0103. The molecule has 0 heterocycles. The molecule has 0 N–H and O–H groups in total. The molecule has 2 rings (SSSR count). The van der Waals surface area contributed by atoms with E-state index in [2.05, 4.69) is 92.6 Å². The van der Waals surface area contributed by atoms with Crippen molar-refractivity contribution in [2.24, 2.45) is 0 Å². The van der Waals surface area contributed by atoms with Gasteiger partial charge in [0.1, 0.15) is 0 Å². The van der Waals surface area contributed by atoms with E-state index in [9.17, 15) is 0 Å². The fourth-order valence-corrected chi connectivity index (χ4v) is 2.39. The molecular weight excluding hydrogens is 477 g/mol. The Labute approximate surface area is 126 Å². The molecule has 0 aliphatic heterocycles. The van der Waals surface area contributed by atoms with E-state index in [0.717, 1.165) is 11.5 Å². The molecule has 0 spiro atoms. The van der Waals surface area contributed by atoms with Crippen molar-refractivity contribution in [3.63, 3.8) is 0 Å². The summed E-state index contributed by atoms with van der Waals surface area (Å²) in [7, 11) is 0. The number of hydrogen-bond acceptors (Lipinski definition) is 1. The first-order valence-electron chi connectivity index (χ1n) is 5.22. The largest absolute Gasteiger partial charge is 0.152 e. The van der Waals surface area contributed by atoms with E-state index < -0.39 is 0 Å². The maximum absolute atomic E-state index is 2.88. The van der Waals surface area contributed by atoms with Crippen molar-refractivity contribution in [1.82, 2.24) is 0 Å². The van der Waals surface area contributed by atoms with Crippen LogP contribution in [0.3, 0.4) is 0 Å². The molecule has 2 aromatic carbocycles. The number of rotatable bonds is 4. The van der Waals surface area contributed by atoms with Gasteiger partial charge in [0.15, 0.2) is 0 Å². The van der Waals surface area contributed by atoms with Crippen molar-refractivity contribution in [3.8, 4) is 0 Å². The molecule has 17 heavy (non-hydrogen) atoms. The van der Waals surface area contributed by atoms with Gasteiger partial charge in [-0.1, -0.05) is 60.7 Å². The second-order valence-electron chi connectivity index (χ2n) is 3.46. The molecule has 0 atom stereocenters. The molecule has 0 aliphatic rings. The molecule has 0 fully saturated rings. The molecule has 0 amide bonds. The molecule has 0 saturated heterocycles. The van der Waals surface area contributed by atoms with Crippen molar-refractivity contribution in [2.75, 3.05) is 0 Å². The zero-order valence-electron chi connectivity index (χ0n) is 9.28. The van der Waals surface area contributed by atoms with Crippen LogP contribution in [-0.2, 0) is 30.4 Å². The monoisotopic (exact) mass is 490 g/mol. The first-order valence-corrected chi connectivity index (χ1v) is 11.1. The van der Waals surface area contributed by atoms with Crippen LogP contribution in [0.25, 0.3) is 0 Å². The van der Waals surface area contributed by atoms with Crippen LogP contribution in [0.1, 0.15) is 11.1 Å². The number of thioether (sulfide) groups is 1. The summed E-state index contributed by atoms with van der Waals surface area (Å²) in [4.78, 5) is 0. The minimum atomic E-state index is 1.09. The third-order valence-electron chi connectivity index (χ3n) is 2.22. The third kappa shape index (κ3) is 6.49. The summed E-state index contributed by atoms with van der Waals surface area (Å²) < 4.78 is 0. The third-order valence-corrected chi connectivity index (χ3v) is 3.30. The Balaban J connectivity index is 0.000000686. The maximum atomic E-state index is 2.88. The zero-order chi connectivity index (χ0) is 12.3. The van der Waals surface area contributed by atoms with Crippen LogP contribution in [0.2, 0.25) is 0 Å². The quantitative estimate of drug-likeness (QED) is 0.545. The van der Waals surface area contributed by atoms with Gasteiger partial charge in [-0.05, 0) is 11.1 Å². The van der Waals surface area contributed by atoms with Crippen LogP contribution >= 0.6 is 24.8 Å². The summed E-state index contributed by atoms with van der Waals surface area (Å²) in [6, 6.07) is 21.2. The smallest absolute Gasteiger partial charge is 0.0187 e. The first kappa shape index (κ1) is 15.1. The van der Waals surface area contributed by atoms with Crippen LogP contribution in [0.5, 0.6) is 0 Å². The second kappa shape index (κ2) is 9.98. The minimum absolute atomic E-state index is 1.09. The van der Waals surface area contributed by atoms with Gasteiger partial charge in [-0.2, -0.15) is 11.8 Å². The summed E-state index contributed by atoms with van der Waals surface area (Å²) in [6.07, 6.45) is 0. The average molecular weight is 491 g/mol. The fourth-order valence-electron chi connectivity index (χ4n) is 1.44. The van der Waals surface area contributed by atoms with Crippen LogP contribution < -0.4 is 0 Å². The van der Waals surface area contributed by atoms with Crippen LogP contribution in [0.4, 0.5) is 0 Å². The van der Waals surface area contributed by atoms with Gasteiger partial charge in [-0.25, -0.2) is 0 Å². The van der Waals surface area contributed by atoms with Crippen molar-refractivity contribution < 1.29 is 18.9 Å². The molecule has 0 aliphatic carbocycles. The van der Waals surface area contributed by atoms with Gasteiger partial charge in [0.25, 0.3) is 0 Å². The molecule has 0 aromatic heterocycles. The van der Waals surface area contributed by atoms with Crippen molar-refractivity contribution in [1.29, 1.82) is 0 Å². The second-order valence-corrected chi connectivity index (χ2v) is 4.45. The van der Waals surface area contributed by atoms with Gasteiger partial charge in [-0.3, -0.25) is 0 Å². The van der Waals surface area contributed by atoms with Gasteiger partial charge in [0.2, 0.25) is 0 Å². The summed E-state index contributed by atoms with van der Waals surface area (Å²) >= 11 is 6.93. The predicted octanol–water partition coefficient (Wildman–Crippen LogP) is 4.96. The Bertz CT molecular complexity index is 352. The standard InChI is InChI=1S/C14H14S.Au.BrH/c1-3-7-13(8-4-1)11-15-12-14-9-5-2-6-10-14;;/h1-10H,11-12H2;;1H/q;+1;/p-1. The zero-order valence-corrected chi connectivity index (χ0v) is 13.8. The van der Waals surface area contributed by atoms with Gasteiger partial charge < -0.3 is 0 Å². The average Bonchev–Trinajstić information content (AvgIpc) is 2.43. The van der Waals surface area contributed by atoms with Crippen molar-refractivity contribution >= 4 is 24.8 Å². The number of hydrogen-bond donors (Lipinski definition) is 0. The van der Waals surface area contributed by atoms with Crippen molar-refractivity contribution in [3.05, 3.63) is 71.8 Å². The van der Waals surface area contributed by atoms with E-state index in [1.54, 1.807) is 0 Å². The Morgan fingerprint density at radius 1 is 0.706 bits per heavy atom. The van der Waals surface area contributed by atoms with Gasteiger partial charge in [0, 0.05) is 11.5 Å². The maximum Gasteiger partial charge on any atom is 0.0187 e. The molecule has 0 saturated carbocycles. The van der Waals surface area contributed by atoms with E-state index in [1.807, 2.05) is 11.8 Å². The summed E-state index contributed by atoms with van der Waals surface area (Å²) in [5.41, 5.74) is 2.80. The van der Waals surface area contributed by atoms with E-state index in [0.29, 0.717) is 0 Å². The minimum Gasteiger partial charge on any atom is -0.152 e. The van der Waals surface area contributed by atoms with Crippen LogP contribution in [0, 0.1) is 0 Å². The van der Waals surface area contributed by atoms with Crippen molar-refractivity contribution in [2.45, 2.75) is 11.5 Å². The van der Waals surface area contributed by atoms with E-state index in [4.69, 9.17) is 0 Å². The fraction of sp³-hybridized carbons (Fsp3) is 0.143. The van der Waals surface area contributed by atoms with E-state index >= 15 is 0 Å². The molecule has 3 heteroatoms. The molecule has 0 unspecified atom stereocenters. The Kier molecular flexibility index (Phi) is 8.85. The number of halogens is 1. The summed E-state index contributed by atoms with van der Waals surface area (Å²) in [6.45, 7) is 0. The number of benzene rings is 2. The van der Waals surface area contributed by atoms with E-state index in [1.165, 1.54) is 11.1 Å². The first-order chi connectivity index (χ1) is 8.45. The molecular formula is C14H14AuBrS. The van der Waals surface area contributed by atoms with Gasteiger partial charge >= 0.3 is 32.0 Å². The van der Waals surface area contributed by atoms with Crippen LogP contribution in [0.15, 0.2) is 60.7 Å².